The molecule has 0 aromatic carbocycles. The van der Waals surface area contributed by atoms with E-state index in [2.05, 4.69) is 17.3 Å². The lowest BCUT2D eigenvalue weighted by Gasteiger charge is -2.10. The minimum atomic E-state index is -0.605. The van der Waals surface area contributed by atoms with Crippen LogP contribution in [-0.2, 0) is 11.8 Å². The molecular weight excluding hydrogens is 216 g/mol. The van der Waals surface area contributed by atoms with Crippen LogP contribution in [0, 0.1) is 5.92 Å². The highest BCUT2D eigenvalue weighted by Crippen LogP contribution is 2.34. The molecule has 3 unspecified atom stereocenters. The van der Waals surface area contributed by atoms with Gasteiger partial charge in [0, 0.05) is 24.8 Å². The molecular formula is C12H20N4O. The fraction of sp³-hybridized carbons (Fsp3) is 0.667. The average Bonchev–Trinajstić information content (AvgIpc) is 2.86. The molecule has 94 valence electrons. The average molecular weight is 236 g/mol. The minimum Gasteiger partial charge on any atom is -0.351 e. The van der Waals surface area contributed by atoms with Gasteiger partial charge in [0.15, 0.2) is 0 Å². The van der Waals surface area contributed by atoms with Crippen molar-refractivity contribution in [1.29, 1.82) is 0 Å². The Morgan fingerprint density at radius 1 is 1.76 bits per heavy atom. The van der Waals surface area contributed by atoms with Gasteiger partial charge in [0.25, 0.3) is 0 Å². The lowest BCUT2D eigenvalue weighted by atomic mass is 10.1. The molecule has 3 atom stereocenters. The maximum Gasteiger partial charge on any atom is 0.241 e. The third-order valence-corrected chi connectivity index (χ3v) is 3.28. The van der Waals surface area contributed by atoms with E-state index in [1.54, 1.807) is 17.1 Å². The number of nitrogens with one attached hydrogen (secondary N) is 1. The highest BCUT2D eigenvalue weighted by atomic mass is 16.2. The van der Waals surface area contributed by atoms with Crippen LogP contribution in [0.2, 0.25) is 0 Å². The number of amides is 1. The van der Waals surface area contributed by atoms with E-state index in [1.807, 2.05) is 7.05 Å². The van der Waals surface area contributed by atoms with Gasteiger partial charge in [0.1, 0.15) is 6.04 Å². The summed E-state index contributed by atoms with van der Waals surface area (Å²) in [4.78, 5) is 11.9. The zero-order valence-electron chi connectivity index (χ0n) is 10.4. The molecule has 0 radical (unpaired) electrons. The number of carbonyl (C=O) groups excluding carboxylic acids is 1. The molecule has 17 heavy (non-hydrogen) atoms. The first-order valence-corrected chi connectivity index (χ1v) is 6.16. The predicted octanol–water partition coefficient (Wildman–Crippen LogP) is 0.725. The van der Waals surface area contributed by atoms with Gasteiger partial charge in [-0.25, -0.2) is 0 Å². The van der Waals surface area contributed by atoms with E-state index in [-0.39, 0.29) is 5.91 Å². The molecule has 0 bridgehead atoms. The molecule has 0 aliphatic heterocycles. The van der Waals surface area contributed by atoms with E-state index in [4.69, 9.17) is 5.73 Å². The smallest absolute Gasteiger partial charge is 0.241 e. The molecule has 1 amide bonds. The van der Waals surface area contributed by atoms with E-state index in [0.29, 0.717) is 12.0 Å². The van der Waals surface area contributed by atoms with Crippen molar-refractivity contribution in [2.24, 2.45) is 18.7 Å². The highest BCUT2D eigenvalue weighted by molar-refractivity contribution is 5.83. The van der Waals surface area contributed by atoms with Crippen molar-refractivity contribution in [3.8, 4) is 0 Å². The summed E-state index contributed by atoms with van der Waals surface area (Å²) in [6.45, 7) is 2.17. The first-order valence-electron chi connectivity index (χ1n) is 6.16. The number of rotatable bonds is 5. The Morgan fingerprint density at radius 3 is 3.12 bits per heavy atom. The van der Waals surface area contributed by atoms with E-state index in [0.717, 1.165) is 12.0 Å². The SMILES string of the molecule is CCCC1CC1NC(=O)C(N)c1cnn(C)c1. The number of aryl methyl sites for hydroxylation is 1. The van der Waals surface area contributed by atoms with E-state index in [1.165, 1.54) is 12.8 Å². The molecule has 3 N–H and O–H groups in total. The molecule has 1 fully saturated rings. The number of aromatic nitrogens is 2. The second-order valence-corrected chi connectivity index (χ2v) is 4.82. The Hall–Kier alpha value is -1.36. The Balaban J connectivity index is 1.84. The van der Waals surface area contributed by atoms with E-state index in [9.17, 15) is 4.79 Å². The van der Waals surface area contributed by atoms with Crippen molar-refractivity contribution in [3.63, 3.8) is 0 Å². The van der Waals surface area contributed by atoms with Gasteiger partial charge < -0.3 is 11.1 Å². The van der Waals surface area contributed by atoms with Crippen LogP contribution in [0.4, 0.5) is 0 Å². The number of nitrogens with two attached hydrogens (primary N) is 1. The fourth-order valence-electron chi connectivity index (χ4n) is 2.14. The maximum absolute atomic E-state index is 11.9. The third-order valence-electron chi connectivity index (χ3n) is 3.28. The maximum atomic E-state index is 11.9. The molecule has 1 heterocycles. The normalized spacial score (nSPS) is 24.4. The van der Waals surface area contributed by atoms with Crippen LogP contribution in [0.15, 0.2) is 12.4 Å². The van der Waals surface area contributed by atoms with Crippen molar-refractivity contribution in [3.05, 3.63) is 18.0 Å². The lowest BCUT2D eigenvalue weighted by Crippen LogP contribution is -2.36. The molecule has 5 nitrogen and oxygen atoms in total. The van der Waals surface area contributed by atoms with Gasteiger partial charge in [-0.2, -0.15) is 5.10 Å². The quantitative estimate of drug-likeness (QED) is 0.791. The van der Waals surface area contributed by atoms with Gasteiger partial charge in [0.2, 0.25) is 5.91 Å². The van der Waals surface area contributed by atoms with Gasteiger partial charge in [0.05, 0.1) is 6.20 Å². The fourth-order valence-corrected chi connectivity index (χ4v) is 2.14. The van der Waals surface area contributed by atoms with Crippen molar-refractivity contribution in [2.75, 3.05) is 0 Å². The third kappa shape index (κ3) is 2.85. The summed E-state index contributed by atoms with van der Waals surface area (Å²) < 4.78 is 1.65. The largest absolute Gasteiger partial charge is 0.351 e. The monoisotopic (exact) mass is 236 g/mol. The van der Waals surface area contributed by atoms with E-state index < -0.39 is 6.04 Å². The van der Waals surface area contributed by atoms with Crippen molar-refractivity contribution in [2.45, 2.75) is 38.3 Å². The van der Waals surface area contributed by atoms with Crippen molar-refractivity contribution in [1.82, 2.24) is 15.1 Å². The summed E-state index contributed by atoms with van der Waals surface area (Å²) in [5, 5.41) is 7.01. The Kier molecular flexibility index (Phi) is 3.47. The van der Waals surface area contributed by atoms with Gasteiger partial charge in [-0.05, 0) is 18.8 Å². The molecule has 5 heteroatoms. The lowest BCUT2D eigenvalue weighted by molar-refractivity contribution is -0.122. The number of hydrogen-bond acceptors (Lipinski definition) is 3. The first kappa shape index (κ1) is 12.1. The van der Waals surface area contributed by atoms with Crippen LogP contribution in [-0.4, -0.2) is 21.7 Å². The van der Waals surface area contributed by atoms with Crippen LogP contribution in [0.1, 0.15) is 37.8 Å². The second-order valence-electron chi connectivity index (χ2n) is 4.82. The standard InChI is InChI=1S/C12H20N4O/c1-3-4-8-5-10(8)15-12(17)11(13)9-6-14-16(2)7-9/h6-8,10-11H,3-5,13H2,1-2H3,(H,15,17). The zero-order valence-corrected chi connectivity index (χ0v) is 10.4. The van der Waals surface area contributed by atoms with Gasteiger partial charge >= 0.3 is 0 Å². The van der Waals surface area contributed by atoms with Gasteiger partial charge in [-0.1, -0.05) is 13.3 Å². The summed E-state index contributed by atoms with van der Waals surface area (Å²) in [5.41, 5.74) is 6.64. The Labute approximate surface area is 101 Å². The summed E-state index contributed by atoms with van der Waals surface area (Å²) in [6.07, 6.45) is 6.87. The van der Waals surface area contributed by atoms with Crippen LogP contribution in [0.3, 0.4) is 0 Å². The zero-order chi connectivity index (χ0) is 12.4. The summed E-state index contributed by atoms with van der Waals surface area (Å²) >= 11 is 0. The molecule has 0 spiro atoms. The van der Waals surface area contributed by atoms with Gasteiger partial charge in [-0.3, -0.25) is 9.48 Å². The van der Waals surface area contributed by atoms with Crippen LogP contribution < -0.4 is 11.1 Å². The minimum absolute atomic E-state index is 0.0957. The molecule has 0 saturated heterocycles. The van der Waals surface area contributed by atoms with Crippen molar-refractivity contribution < 1.29 is 4.79 Å². The molecule has 1 aromatic heterocycles. The Morgan fingerprint density at radius 2 is 2.53 bits per heavy atom. The molecule has 1 aliphatic carbocycles. The van der Waals surface area contributed by atoms with Crippen LogP contribution in [0.25, 0.3) is 0 Å². The molecule has 2 rings (SSSR count). The number of nitrogens with zero attached hydrogens (tertiary/aromatic N) is 2. The topological polar surface area (TPSA) is 72.9 Å². The Bertz CT molecular complexity index is 401. The summed E-state index contributed by atoms with van der Waals surface area (Å²) in [7, 11) is 1.81. The molecule has 1 aliphatic rings. The molecule has 1 saturated carbocycles. The van der Waals surface area contributed by atoms with Crippen LogP contribution in [0.5, 0.6) is 0 Å². The van der Waals surface area contributed by atoms with Gasteiger partial charge in [-0.15, -0.1) is 0 Å². The van der Waals surface area contributed by atoms with Crippen molar-refractivity contribution >= 4 is 5.91 Å². The summed E-state index contributed by atoms with van der Waals surface area (Å²) in [5.74, 6) is 0.562. The molecule has 1 aromatic rings. The number of carbonyl (C=O) groups is 1. The van der Waals surface area contributed by atoms with Crippen LogP contribution >= 0.6 is 0 Å². The highest BCUT2D eigenvalue weighted by Gasteiger charge is 2.38. The first-order chi connectivity index (χ1) is 8.11. The second kappa shape index (κ2) is 4.87. The van der Waals surface area contributed by atoms with E-state index >= 15 is 0 Å². The summed E-state index contributed by atoms with van der Waals surface area (Å²) in [6, 6.07) is -0.267. The number of hydrogen-bond donors (Lipinski definition) is 2. The predicted molar refractivity (Wildman–Crippen MR) is 65.1 cm³/mol.